The zero-order chi connectivity index (χ0) is 11.5. The number of nitrogens with zero attached hydrogens (tertiary/aromatic N) is 2. The van der Waals surface area contributed by atoms with Crippen LogP contribution >= 0.6 is 15.9 Å². The number of hydrogen-bond acceptors (Lipinski definition) is 3. The van der Waals surface area contributed by atoms with Crippen LogP contribution in [-0.2, 0) is 0 Å². The van der Waals surface area contributed by atoms with Crippen molar-refractivity contribution in [3.8, 4) is 17.1 Å². The van der Waals surface area contributed by atoms with E-state index in [0.29, 0.717) is 16.0 Å². The summed E-state index contributed by atoms with van der Waals surface area (Å²) in [6.07, 6.45) is 0. The van der Waals surface area contributed by atoms with Gasteiger partial charge in [0, 0.05) is 5.56 Å². The maximum atomic E-state index is 12.7. The van der Waals surface area contributed by atoms with Gasteiger partial charge in [0.2, 0.25) is 5.88 Å². The van der Waals surface area contributed by atoms with Gasteiger partial charge in [0.25, 0.3) is 0 Å². The predicted octanol–water partition coefficient (Wildman–Crippen LogP) is 3.05. The molecule has 0 aliphatic heterocycles. The van der Waals surface area contributed by atoms with E-state index in [4.69, 9.17) is 4.74 Å². The predicted molar refractivity (Wildman–Crippen MR) is 61.7 cm³/mol. The lowest BCUT2D eigenvalue weighted by Crippen LogP contribution is -1.94. The van der Waals surface area contributed by atoms with E-state index in [-0.39, 0.29) is 5.82 Å². The number of methoxy groups -OCH3 is 1. The van der Waals surface area contributed by atoms with Gasteiger partial charge >= 0.3 is 0 Å². The molecule has 5 heteroatoms. The summed E-state index contributed by atoms with van der Waals surface area (Å²) >= 11 is 3.32. The van der Waals surface area contributed by atoms with E-state index in [2.05, 4.69) is 26.1 Å². The SMILES string of the molecule is COc1nnc(-c2ccc(F)cc2)cc1Br. The maximum absolute atomic E-state index is 12.7. The summed E-state index contributed by atoms with van der Waals surface area (Å²) in [5.41, 5.74) is 1.46. The first-order chi connectivity index (χ1) is 7.70. The van der Waals surface area contributed by atoms with Gasteiger partial charge in [-0.25, -0.2) is 4.39 Å². The molecule has 0 spiro atoms. The molecule has 1 heterocycles. The molecular formula is C11H8BrFN2O. The van der Waals surface area contributed by atoms with Gasteiger partial charge in [0.05, 0.1) is 17.3 Å². The van der Waals surface area contributed by atoms with Crippen LogP contribution in [0.5, 0.6) is 5.88 Å². The van der Waals surface area contributed by atoms with E-state index in [1.54, 1.807) is 18.2 Å². The van der Waals surface area contributed by atoms with E-state index in [1.807, 2.05) is 0 Å². The molecule has 0 amide bonds. The van der Waals surface area contributed by atoms with E-state index in [0.717, 1.165) is 5.56 Å². The van der Waals surface area contributed by atoms with Crippen LogP contribution in [0.3, 0.4) is 0 Å². The van der Waals surface area contributed by atoms with E-state index >= 15 is 0 Å². The Balaban J connectivity index is 2.41. The second-order valence-corrected chi connectivity index (χ2v) is 3.95. The van der Waals surface area contributed by atoms with Gasteiger partial charge in [-0.05, 0) is 46.3 Å². The number of benzene rings is 1. The van der Waals surface area contributed by atoms with Crippen molar-refractivity contribution in [2.75, 3.05) is 7.11 Å². The number of hydrogen-bond donors (Lipinski definition) is 0. The Hall–Kier alpha value is -1.49. The molecule has 0 unspecified atom stereocenters. The van der Waals surface area contributed by atoms with Crippen LogP contribution in [0.1, 0.15) is 0 Å². The summed E-state index contributed by atoms with van der Waals surface area (Å²) in [6.45, 7) is 0. The first-order valence-corrected chi connectivity index (χ1v) is 5.33. The highest BCUT2D eigenvalue weighted by molar-refractivity contribution is 9.10. The van der Waals surface area contributed by atoms with Crippen molar-refractivity contribution in [3.05, 3.63) is 40.6 Å². The number of aromatic nitrogens is 2. The Morgan fingerprint density at radius 2 is 1.88 bits per heavy atom. The topological polar surface area (TPSA) is 35.0 Å². The van der Waals surface area contributed by atoms with Crippen LogP contribution in [-0.4, -0.2) is 17.3 Å². The maximum Gasteiger partial charge on any atom is 0.247 e. The molecule has 0 saturated carbocycles. The summed E-state index contributed by atoms with van der Waals surface area (Å²) in [5, 5.41) is 7.87. The Morgan fingerprint density at radius 3 is 2.44 bits per heavy atom. The minimum absolute atomic E-state index is 0.274. The van der Waals surface area contributed by atoms with Crippen molar-refractivity contribution in [2.45, 2.75) is 0 Å². The largest absolute Gasteiger partial charge is 0.479 e. The summed E-state index contributed by atoms with van der Waals surface area (Å²) in [4.78, 5) is 0. The minimum atomic E-state index is -0.274. The van der Waals surface area contributed by atoms with Crippen molar-refractivity contribution >= 4 is 15.9 Å². The lowest BCUT2D eigenvalue weighted by atomic mass is 10.1. The lowest BCUT2D eigenvalue weighted by molar-refractivity contribution is 0.389. The normalized spacial score (nSPS) is 10.2. The third kappa shape index (κ3) is 2.19. The average molecular weight is 283 g/mol. The van der Waals surface area contributed by atoms with E-state index in [1.165, 1.54) is 19.2 Å². The third-order valence-corrected chi connectivity index (χ3v) is 2.62. The van der Waals surface area contributed by atoms with Gasteiger partial charge in [0.15, 0.2) is 0 Å². The van der Waals surface area contributed by atoms with Crippen molar-refractivity contribution in [1.29, 1.82) is 0 Å². The first-order valence-electron chi connectivity index (χ1n) is 4.54. The molecule has 2 rings (SSSR count). The summed E-state index contributed by atoms with van der Waals surface area (Å²) < 4.78 is 18.4. The van der Waals surface area contributed by atoms with Gasteiger partial charge in [-0.2, -0.15) is 0 Å². The highest BCUT2D eigenvalue weighted by Crippen LogP contribution is 2.26. The van der Waals surface area contributed by atoms with Gasteiger partial charge in [0.1, 0.15) is 5.82 Å². The molecule has 1 aromatic heterocycles. The standard InChI is InChI=1S/C11H8BrFN2O/c1-16-11-9(12)6-10(14-15-11)7-2-4-8(13)5-3-7/h2-6H,1H3. The molecule has 3 nitrogen and oxygen atoms in total. The molecule has 0 fully saturated rings. The fraction of sp³-hybridized carbons (Fsp3) is 0.0909. The minimum Gasteiger partial charge on any atom is -0.479 e. The molecule has 0 aliphatic carbocycles. The van der Waals surface area contributed by atoms with E-state index < -0.39 is 0 Å². The summed E-state index contributed by atoms with van der Waals surface area (Å²) in [5.74, 6) is 0.148. The second-order valence-electron chi connectivity index (χ2n) is 3.09. The van der Waals surface area contributed by atoms with Crippen LogP contribution in [0.25, 0.3) is 11.3 Å². The van der Waals surface area contributed by atoms with E-state index in [9.17, 15) is 4.39 Å². The van der Waals surface area contributed by atoms with Gasteiger partial charge in [-0.3, -0.25) is 0 Å². The van der Waals surface area contributed by atoms with Crippen molar-refractivity contribution < 1.29 is 9.13 Å². The number of halogens is 2. The Morgan fingerprint density at radius 1 is 1.19 bits per heavy atom. The summed E-state index contributed by atoms with van der Waals surface area (Å²) in [7, 11) is 1.52. The van der Waals surface area contributed by atoms with Crippen molar-refractivity contribution in [2.24, 2.45) is 0 Å². The number of rotatable bonds is 2. The molecule has 0 saturated heterocycles. The van der Waals surface area contributed by atoms with Gasteiger partial charge < -0.3 is 4.74 Å². The second kappa shape index (κ2) is 4.57. The fourth-order valence-electron chi connectivity index (χ4n) is 1.26. The molecule has 0 aliphatic rings. The molecule has 2 aromatic rings. The average Bonchev–Trinajstić information content (AvgIpc) is 2.30. The highest BCUT2D eigenvalue weighted by Gasteiger charge is 2.06. The molecule has 0 atom stereocenters. The fourth-order valence-corrected chi connectivity index (χ4v) is 1.72. The molecule has 0 radical (unpaired) electrons. The summed E-state index contributed by atoms with van der Waals surface area (Å²) in [6, 6.07) is 7.85. The molecule has 1 aromatic carbocycles. The Kier molecular flexibility index (Phi) is 3.14. The van der Waals surface area contributed by atoms with Crippen LogP contribution in [0.15, 0.2) is 34.8 Å². The lowest BCUT2D eigenvalue weighted by Gasteiger charge is -2.03. The molecular weight excluding hydrogens is 275 g/mol. The number of ether oxygens (including phenoxy) is 1. The van der Waals surface area contributed by atoms with Crippen LogP contribution in [0.4, 0.5) is 4.39 Å². The zero-order valence-corrected chi connectivity index (χ0v) is 10.0. The van der Waals surface area contributed by atoms with Crippen molar-refractivity contribution in [3.63, 3.8) is 0 Å². The quantitative estimate of drug-likeness (QED) is 0.849. The van der Waals surface area contributed by atoms with Crippen LogP contribution in [0, 0.1) is 5.82 Å². The smallest absolute Gasteiger partial charge is 0.247 e. The Labute approximate surface area is 100 Å². The highest BCUT2D eigenvalue weighted by atomic mass is 79.9. The molecule has 16 heavy (non-hydrogen) atoms. The third-order valence-electron chi connectivity index (χ3n) is 2.05. The van der Waals surface area contributed by atoms with Crippen LogP contribution < -0.4 is 4.74 Å². The molecule has 0 bridgehead atoms. The van der Waals surface area contributed by atoms with Gasteiger partial charge in [-0.15, -0.1) is 10.2 Å². The first kappa shape index (κ1) is 11.0. The molecule has 0 N–H and O–H groups in total. The monoisotopic (exact) mass is 282 g/mol. The Bertz CT molecular complexity index is 502. The van der Waals surface area contributed by atoms with Crippen LogP contribution in [0.2, 0.25) is 0 Å². The molecule has 82 valence electrons. The van der Waals surface area contributed by atoms with Crippen molar-refractivity contribution in [1.82, 2.24) is 10.2 Å². The zero-order valence-electron chi connectivity index (χ0n) is 8.45. The van der Waals surface area contributed by atoms with Gasteiger partial charge in [-0.1, -0.05) is 0 Å².